The molecule has 1 atom stereocenters. The molecule has 4 amide bonds. The lowest BCUT2D eigenvalue weighted by Gasteiger charge is -2.40. The third kappa shape index (κ3) is 3.95. The minimum absolute atomic E-state index is 0.0437. The van der Waals surface area contributed by atoms with Gasteiger partial charge in [-0.15, -0.1) is 0 Å². The number of carbonyl (C=O) groups excluding carboxylic acids is 3. The Morgan fingerprint density at radius 3 is 2.48 bits per heavy atom. The average Bonchev–Trinajstić information content (AvgIpc) is 3.62. The van der Waals surface area contributed by atoms with E-state index in [4.69, 9.17) is 23.6 Å². The van der Waals surface area contributed by atoms with Crippen LogP contribution in [-0.2, 0) is 26.4 Å². The number of piperidine rings is 1. The van der Waals surface area contributed by atoms with Crippen LogP contribution in [0.25, 0.3) is 11.1 Å². The number of urea groups is 1. The Morgan fingerprint density at radius 2 is 1.82 bits per heavy atom. The Balaban J connectivity index is 1.31. The fourth-order valence-corrected chi connectivity index (χ4v) is 5.69. The van der Waals surface area contributed by atoms with Gasteiger partial charge in [-0.1, -0.05) is 6.07 Å². The van der Waals surface area contributed by atoms with Gasteiger partial charge in [0.2, 0.25) is 0 Å². The van der Waals surface area contributed by atoms with Crippen molar-refractivity contribution in [3.05, 3.63) is 53.0 Å². The second kappa shape index (κ2) is 9.45. The summed E-state index contributed by atoms with van der Waals surface area (Å²) in [6, 6.07) is 7.46. The van der Waals surface area contributed by atoms with Crippen molar-refractivity contribution in [3.8, 4) is 5.75 Å². The van der Waals surface area contributed by atoms with Crippen molar-refractivity contribution in [1.82, 2.24) is 20.5 Å². The first-order chi connectivity index (χ1) is 19.2. The van der Waals surface area contributed by atoms with Gasteiger partial charge >= 0.3 is 6.03 Å². The van der Waals surface area contributed by atoms with Gasteiger partial charge in [-0.3, -0.25) is 14.9 Å². The van der Waals surface area contributed by atoms with Gasteiger partial charge in [0.1, 0.15) is 17.1 Å². The molecule has 0 saturated carbocycles. The van der Waals surface area contributed by atoms with Crippen LogP contribution >= 0.6 is 0 Å². The van der Waals surface area contributed by atoms with E-state index in [1.165, 1.54) is 18.1 Å². The van der Waals surface area contributed by atoms with E-state index in [9.17, 15) is 18.8 Å². The minimum atomic E-state index is -1.74. The lowest BCUT2D eigenvalue weighted by molar-refractivity contribution is -0.216. The largest absolute Gasteiger partial charge is 0.494 e. The lowest BCUT2D eigenvalue weighted by Crippen LogP contribution is -2.52. The Labute approximate surface area is 228 Å². The molecule has 210 valence electrons. The molecule has 0 bridgehead atoms. The molecule has 3 aliphatic rings. The maximum Gasteiger partial charge on any atom is 0.322 e. The maximum absolute atomic E-state index is 14.9. The lowest BCUT2D eigenvalue weighted by atomic mass is 9.95. The molecule has 6 rings (SSSR count). The number of hydrogen-bond acceptors (Lipinski definition) is 9. The highest BCUT2D eigenvalue weighted by Gasteiger charge is 2.53. The number of carbonyl (C=O) groups is 3. The number of nitrogens with zero attached hydrogens (tertiary/aromatic N) is 3. The maximum atomic E-state index is 14.9. The molecule has 2 aromatic heterocycles. The molecule has 1 unspecified atom stereocenters. The van der Waals surface area contributed by atoms with Gasteiger partial charge in [-0.05, 0) is 23.8 Å². The van der Waals surface area contributed by atoms with E-state index in [-0.39, 0.29) is 30.2 Å². The monoisotopic (exact) mass is 553 g/mol. The van der Waals surface area contributed by atoms with Gasteiger partial charge in [0.15, 0.2) is 28.5 Å². The van der Waals surface area contributed by atoms with Gasteiger partial charge in [-0.25, -0.2) is 14.2 Å². The van der Waals surface area contributed by atoms with E-state index >= 15 is 0 Å². The molecular weight excluding hydrogens is 525 g/mol. The first-order valence-electron chi connectivity index (χ1n) is 12.8. The molecule has 3 aromatic rings. The number of nitrogens with one attached hydrogen (secondary N) is 2. The first-order valence-corrected chi connectivity index (χ1v) is 12.8. The third-order valence-electron chi connectivity index (χ3n) is 8.02. The number of hydrogen-bond donors (Lipinski definition) is 2. The number of aromatic nitrogens is 1. The van der Waals surface area contributed by atoms with Crippen molar-refractivity contribution >= 4 is 34.8 Å². The van der Waals surface area contributed by atoms with Gasteiger partial charge in [0.05, 0.1) is 19.2 Å². The van der Waals surface area contributed by atoms with Crippen LogP contribution in [0.5, 0.6) is 5.75 Å². The second-order valence-electron chi connectivity index (χ2n) is 10.1. The second-order valence-corrected chi connectivity index (χ2v) is 10.1. The Bertz CT molecular complexity index is 1530. The number of fused-ring (bicyclic) bond motifs is 2. The molecular formula is C27H28FN5O7. The number of benzene rings is 1. The average molecular weight is 554 g/mol. The van der Waals surface area contributed by atoms with Crippen LogP contribution in [0.15, 0.2) is 34.7 Å². The summed E-state index contributed by atoms with van der Waals surface area (Å²) in [5.41, 5.74) is -0.533. The smallest absolute Gasteiger partial charge is 0.322 e. The number of methoxy groups -OCH3 is 3. The number of anilines is 1. The quantitative estimate of drug-likeness (QED) is 0.334. The SMILES string of the molecule is COc1ccc2c(c1F)C(=O)N(CC1(c3cc4nc(N5CCC(OC)(OC)CC5)ccc4o3)NC(=O)NC1=O)C2. The number of imide groups is 1. The summed E-state index contributed by atoms with van der Waals surface area (Å²) in [5.74, 6) is -1.94. The van der Waals surface area contributed by atoms with E-state index in [0.717, 1.165) is 0 Å². The fraction of sp³-hybridized carbons (Fsp3) is 0.407. The van der Waals surface area contributed by atoms with Gasteiger partial charge in [0.25, 0.3) is 11.8 Å². The number of ether oxygens (including phenoxy) is 3. The van der Waals surface area contributed by atoms with Crippen molar-refractivity contribution in [1.29, 1.82) is 0 Å². The minimum Gasteiger partial charge on any atom is -0.494 e. The van der Waals surface area contributed by atoms with Crippen LogP contribution in [0.2, 0.25) is 0 Å². The molecule has 12 nitrogen and oxygen atoms in total. The van der Waals surface area contributed by atoms with Crippen LogP contribution < -0.4 is 20.3 Å². The van der Waals surface area contributed by atoms with Crippen molar-refractivity contribution < 1.29 is 37.4 Å². The van der Waals surface area contributed by atoms with E-state index in [0.29, 0.717) is 48.4 Å². The van der Waals surface area contributed by atoms with Gasteiger partial charge < -0.3 is 33.7 Å². The zero-order valence-corrected chi connectivity index (χ0v) is 22.2. The molecule has 2 N–H and O–H groups in total. The summed E-state index contributed by atoms with van der Waals surface area (Å²) in [5, 5.41) is 4.87. The highest BCUT2D eigenvalue weighted by molar-refractivity contribution is 6.08. The summed E-state index contributed by atoms with van der Waals surface area (Å²) in [6.45, 7) is 1.08. The fourth-order valence-electron chi connectivity index (χ4n) is 5.69. The summed E-state index contributed by atoms with van der Waals surface area (Å²) in [4.78, 5) is 46.9. The summed E-state index contributed by atoms with van der Waals surface area (Å²) in [7, 11) is 4.58. The Kier molecular flexibility index (Phi) is 6.15. The molecule has 3 aliphatic heterocycles. The number of rotatable bonds is 7. The molecule has 0 spiro atoms. The number of pyridine rings is 1. The zero-order chi connectivity index (χ0) is 28.2. The van der Waals surface area contributed by atoms with Crippen LogP contribution in [0.3, 0.4) is 0 Å². The Hall–Kier alpha value is -4.23. The first kappa shape index (κ1) is 26.0. The molecule has 5 heterocycles. The molecule has 13 heteroatoms. The molecule has 1 aromatic carbocycles. The standard InChI is InChI=1S/C27H28FN5O7/c1-37-18-5-4-15-13-33(23(34)21(15)22(18)28)14-27(24(35)30-25(36)31-27)19-12-16-17(40-19)6-7-20(29-16)32-10-8-26(38-2,39-3)9-11-32/h4-7,12H,8-11,13-14H2,1-3H3,(H2,30,31,35,36). The summed E-state index contributed by atoms with van der Waals surface area (Å²) < 4.78 is 37.1. The van der Waals surface area contributed by atoms with Crippen molar-refractivity contribution in [2.24, 2.45) is 0 Å². The van der Waals surface area contributed by atoms with Crippen molar-refractivity contribution in [2.45, 2.75) is 30.7 Å². The Morgan fingerprint density at radius 1 is 1.07 bits per heavy atom. The van der Waals surface area contributed by atoms with Crippen LogP contribution in [-0.4, -0.2) is 74.5 Å². The van der Waals surface area contributed by atoms with E-state index < -0.39 is 35.0 Å². The van der Waals surface area contributed by atoms with Crippen molar-refractivity contribution in [3.63, 3.8) is 0 Å². The predicted molar refractivity (Wildman–Crippen MR) is 138 cm³/mol. The highest BCUT2D eigenvalue weighted by Crippen LogP contribution is 2.37. The molecule has 2 saturated heterocycles. The normalized spacial score (nSPS) is 22.1. The van der Waals surface area contributed by atoms with Crippen LogP contribution in [0.4, 0.5) is 15.0 Å². The van der Waals surface area contributed by atoms with Crippen molar-refractivity contribution in [2.75, 3.05) is 45.9 Å². The summed E-state index contributed by atoms with van der Waals surface area (Å²) >= 11 is 0. The highest BCUT2D eigenvalue weighted by atomic mass is 19.1. The molecule has 2 fully saturated rings. The van der Waals surface area contributed by atoms with Crippen LogP contribution in [0, 0.1) is 5.82 Å². The third-order valence-corrected chi connectivity index (χ3v) is 8.02. The molecule has 40 heavy (non-hydrogen) atoms. The topological polar surface area (TPSA) is 135 Å². The van der Waals surface area contributed by atoms with E-state index in [1.807, 2.05) is 6.07 Å². The van der Waals surface area contributed by atoms with Crippen LogP contribution in [0.1, 0.15) is 34.5 Å². The van der Waals surface area contributed by atoms with E-state index in [1.54, 1.807) is 32.4 Å². The number of halogens is 1. The molecule has 0 aliphatic carbocycles. The predicted octanol–water partition coefficient (Wildman–Crippen LogP) is 2.26. The number of amides is 4. The molecule has 0 radical (unpaired) electrons. The zero-order valence-electron chi connectivity index (χ0n) is 22.2. The summed E-state index contributed by atoms with van der Waals surface area (Å²) in [6.07, 6.45) is 1.31. The van der Waals surface area contributed by atoms with Gasteiger partial charge in [-0.2, -0.15) is 0 Å². The number of furan rings is 1. The van der Waals surface area contributed by atoms with E-state index in [2.05, 4.69) is 15.5 Å². The van der Waals surface area contributed by atoms with Gasteiger partial charge in [0, 0.05) is 52.8 Å².